The lowest BCUT2D eigenvalue weighted by Gasteiger charge is -2.42. The van der Waals surface area contributed by atoms with Gasteiger partial charge in [0.05, 0.1) is 5.25 Å². The largest absolute Gasteiger partial charge is 0.312 e. The third-order valence-corrected chi connectivity index (χ3v) is 7.86. The number of piperidine rings is 1. The Morgan fingerprint density at radius 3 is 2.43 bits per heavy atom. The second-order valence-electron chi connectivity index (χ2n) is 7.46. The highest BCUT2D eigenvalue weighted by atomic mass is 32.2. The van der Waals surface area contributed by atoms with Gasteiger partial charge in [-0.3, -0.25) is 0 Å². The molecule has 0 aromatic rings. The molecule has 1 aliphatic heterocycles. The Kier molecular flexibility index (Phi) is 4.91. The van der Waals surface area contributed by atoms with Crippen LogP contribution < -0.4 is 10.0 Å². The van der Waals surface area contributed by atoms with E-state index in [0.29, 0.717) is 17.9 Å². The second-order valence-corrected chi connectivity index (χ2v) is 9.46. The molecule has 2 N–H and O–H groups in total. The lowest BCUT2D eigenvalue weighted by atomic mass is 9.77. The fraction of sp³-hybridized carbons (Fsp3) is 1.00. The number of hydrogen-bond donors (Lipinski definition) is 2. The molecule has 4 nitrogen and oxygen atoms in total. The molecule has 3 fully saturated rings. The van der Waals surface area contributed by atoms with Gasteiger partial charge < -0.3 is 5.32 Å². The van der Waals surface area contributed by atoms with Crippen molar-refractivity contribution in [2.75, 3.05) is 6.54 Å². The molecule has 3 aliphatic rings. The summed E-state index contributed by atoms with van der Waals surface area (Å²) in [7, 11) is -3.15. The van der Waals surface area contributed by atoms with Crippen LogP contribution in [0.5, 0.6) is 0 Å². The number of fused-ring (bicyclic) bond motifs is 1. The molecule has 0 spiro atoms. The van der Waals surface area contributed by atoms with Gasteiger partial charge in [-0.05, 0) is 69.7 Å². The molecule has 1 saturated heterocycles. The average Bonchev–Trinajstić information content (AvgIpc) is 2.48. The number of hydrogen-bond acceptors (Lipinski definition) is 3. The van der Waals surface area contributed by atoms with Crippen LogP contribution in [-0.2, 0) is 10.0 Å². The molecule has 0 aromatic carbocycles. The summed E-state index contributed by atoms with van der Waals surface area (Å²) in [6.07, 6.45) is 9.71. The lowest BCUT2D eigenvalue weighted by Crippen LogP contribution is -2.58. The van der Waals surface area contributed by atoms with Crippen molar-refractivity contribution in [2.24, 2.45) is 11.8 Å². The van der Waals surface area contributed by atoms with Gasteiger partial charge in [0, 0.05) is 12.1 Å². The van der Waals surface area contributed by atoms with Crippen LogP contribution in [0.3, 0.4) is 0 Å². The summed E-state index contributed by atoms with van der Waals surface area (Å²) < 4.78 is 28.5. The van der Waals surface area contributed by atoms with E-state index in [-0.39, 0.29) is 11.3 Å². The van der Waals surface area contributed by atoms with Crippen LogP contribution in [-0.4, -0.2) is 32.3 Å². The Labute approximate surface area is 129 Å². The van der Waals surface area contributed by atoms with Crippen LogP contribution in [0.1, 0.15) is 64.7 Å². The standard InChI is InChI=1S/C16H30N2O2S/c1-12-7-9-14(10-8-12)21(19,20)18-15-6-2-4-13-5-3-11-17-16(13)15/h12-18H,2-11H2,1H3. The minimum atomic E-state index is -3.15. The highest BCUT2D eigenvalue weighted by Crippen LogP contribution is 2.33. The van der Waals surface area contributed by atoms with Crippen LogP contribution in [0.4, 0.5) is 0 Å². The molecular weight excluding hydrogens is 284 g/mol. The third kappa shape index (κ3) is 3.62. The molecule has 0 amide bonds. The molecule has 3 rings (SSSR count). The molecule has 122 valence electrons. The van der Waals surface area contributed by atoms with Crippen molar-refractivity contribution in [1.29, 1.82) is 0 Å². The van der Waals surface area contributed by atoms with Gasteiger partial charge in [-0.15, -0.1) is 0 Å². The first kappa shape index (κ1) is 15.8. The summed E-state index contributed by atoms with van der Waals surface area (Å²) in [5.74, 6) is 1.36. The summed E-state index contributed by atoms with van der Waals surface area (Å²) in [4.78, 5) is 0. The maximum Gasteiger partial charge on any atom is 0.214 e. The molecule has 0 aromatic heterocycles. The number of sulfonamides is 1. The molecule has 2 saturated carbocycles. The molecule has 5 heteroatoms. The van der Waals surface area contributed by atoms with E-state index >= 15 is 0 Å². The van der Waals surface area contributed by atoms with E-state index < -0.39 is 10.0 Å². The quantitative estimate of drug-likeness (QED) is 0.841. The van der Waals surface area contributed by atoms with Crippen LogP contribution in [0, 0.1) is 11.8 Å². The van der Waals surface area contributed by atoms with Crippen molar-refractivity contribution in [3.05, 3.63) is 0 Å². The maximum atomic E-state index is 12.7. The molecule has 21 heavy (non-hydrogen) atoms. The monoisotopic (exact) mass is 314 g/mol. The normalized spacial score (nSPS) is 41.5. The minimum Gasteiger partial charge on any atom is -0.312 e. The summed E-state index contributed by atoms with van der Waals surface area (Å²) in [6.45, 7) is 3.27. The van der Waals surface area contributed by atoms with E-state index in [1.165, 1.54) is 19.3 Å². The van der Waals surface area contributed by atoms with E-state index in [1.807, 2.05) is 0 Å². The van der Waals surface area contributed by atoms with E-state index in [0.717, 1.165) is 45.1 Å². The summed E-state index contributed by atoms with van der Waals surface area (Å²) >= 11 is 0. The highest BCUT2D eigenvalue weighted by molar-refractivity contribution is 7.90. The third-order valence-electron chi connectivity index (χ3n) is 5.88. The van der Waals surface area contributed by atoms with Gasteiger partial charge in [-0.25, -0.2) is 13.1 Å². The van der Waals surface area contributed by atoms with Gasteiger partial charge in [0.25, 0.3) is 0 Å². The van der Waals surface area contributed by atoms with Crippen molar-refractivity contribution < 1.29 is 8.42 Å². The molecule has 3 atom stereocenters. The van der Waals surface area contributed by atoms with Crippen molar-refractivity contribution in [2.45, 2.75) is 82.0 Å². The first-order valence-electron chi connectivity index (χ1n) is 8.81. The van der Waals surface area contributed by atoms with Gasteiger partial charge >= 0.3 is 0 Å². The topological polar surface area (TPSA) is 58.2 Å². The van der Waals surface area contributed by atoms with E-state index in [4.69, 9.17) is 0 Å². The molecule has 1 heterocycles. The minimum absolute atomic E-state index is 0.119. The predicted molar refractivity (Wildman–Crippen MR) is 85.6 cm³/mol. The van der Waals surface area contributed by atoms with Crippen LogP contribution in [0.15, 0.2) is 0 Å². The first-order valence-corrected chi connectivity index (χ1v) is 10.4. The van der Waals surface area contributed by atoms with Crippen molar-refractivity contribution in [1.82, 2.24) is 10.0 Å². The second kappa shape index (κ2) is 6.55. The predicted octanol–water partition coefficient (Wildman–Crippen LogP) is 2.41. The first-order chi connectivity index (χ1) is 10.1. The summed E-state index contributed by atoms with van der Waals surface area (Å²) in [5, 5.41) is 3.42. The van der Waals surface area contributed by atoms with Crippen molar-refractivity contribution in [3.8, 4) is 0 Å². The molecule has 3 unspecified atom stereocenters. The molecule has 2 aliphatic carbocycles. The van der Waals surface area contributed by atoms with Gasteiger partial charge in [-0.1, -0.05) is 13.3 Å². The van der Waals surface area contributed by atoms with Gasteiger partial charge in [-0.2, -0.15) is 0 Å². The fourth-order valence-electron chi connectivity index (χ4n) is 4.53. The maximum absolute atomic E-state index is 12.7. The number of rotatable bonds is 3. The van der Waals surface area contributed by atoms with E-state index in [2.05, 4.69) is 17.0 Å². The zero-order chi connectivity index (χ0) is 14.9. The van der Waals surface area contributed by atoms with E-state index in [9.17, 15) is 8.42 Å². The van der Waals surface area contributed by atoms with Crippen LogP contribution in [0.25, 0.3) is 0 Å². The Hall–Kier alpha value is -0.130. The molecular formula is C16H30N2O2S. The smallest absolute Gasteiger partial charge is 0.214 e. The SMILES string of the molecule is CC1CCC(S(=O)(=O)NC2CCCC3CCCNC32)CC1. The number of nitrogens with one attached hydrogen (secondary N) is 2. The lowest BCUT2D eigenvalue weighted by molar-refractivity contribution is 0.178. The van der Waals surface area contributed by atoms with Gasteiger partial charge in [0.1, 0.15) is 0 Å². The summed E-state index contributed by atoms with van der Waals surface area (Å²) in [6, 6.07) is 0.484. The van der Waals surface area contributed by atoms with Gasteiger partial charge in [0.15, 0.2) is 0 Å². The zero-order valence-corrected chi connectivity index (χ0v) is 14.0. The van der Waals surface area contributed by atoms with Crippen LogP contribution >= 0.6 is 0 Å². The van der Waals surface area contributed by atoms with Crippen molar-refractivity contribution in [3.63, 3.8) is 0 Å². The van der Waals surface area contributed by atoms with Gasteiger partial charge in [0.2, 0.25) is 10.0 Å². The molecule has 0 bridgehead atoms. The zero-order valence-electron chi connectivity index (χ0n) is 13.2. The Morgan fingerprint density at radius 1 is 0.952 bits per heavy atom. The van der Waals surface area contributed by atoms with E-state index in [1.54, 1.807) is 0 Å². The average molecular weight is 314 g/mol. The Bertz CT molecular complexity index is 441. The fourth-order valence-corrected chi connectivity index (χ4v) is 6.30. The van der Waals surface area contributed by atoms with Crippen LogP contribution in [0.2, 0.25) is 0 Å². The Morgan fingerprint density at radius 2 is 1.67 bits per heavy atom. The molecule has 0 radical (unpaired) electrons. The Balaban J connectivity index is 1.64. The van der Waals surface area contributed by atoms with Crippen molar-refractivity contribution >= 4 is 10.0 Å². The highest BCUT2D eigenvalue weighted by Gasteiger charge is 2.38. The summed E-state index contributed by atoms with van der Waals surface area (Å²) in [5.41, 5.74) is 0.